The topological polar surface area (TPSA) is 37.4 Å². The number of nitrogens with one attached hydrogen (secondary N) is 1. The highest BCUT2D eigenvalue weighted by molar-refractivity contribution is 6.33. The lowest BCUT2D eigenvalue weighted by Crippen LogP contribution is -2.37. The standard InChI is InChI=1S/C16H26ClN3O/c1-3-7-18-11-13-10-15(17)16(19-12-13)20-8-5-14(6-9-20)21-4-2/h10,12,14,18H,3-9,11H2,1-2H3. The smallest absolute Gasteiger partial charge is 0.147 e. The van der Waals surface area contributed by atoms with Gasteiger partial charge in [-0.1, -0.05) is 18.5 Å². The molecule has 21 heavy (non-hydrogen) atoms. The van der Waals surface area contributed by atoms with E-state index in [1.54, 1.807) is 0 Å². The highest BCUT2D eigenvalue weighted by Crippen LogP contribution is 2.27. The van der Waals surface area contributed by atoms with E-state index in [0.29, 0.717) is 6.10 Å². The highest BCUT2D eigenvalue weighted by Gasteiger charge is 2.21. The molecule has 4 nitrogen and oxygen atoms in total. The molecule has 2 rings (SSSR count). The van der Waals surface area contributed by atoms with Crippen molar-refractivity contribution in [2.24, 2.45) is 0 Å². The molecule has 2 heterocycles. The Morgan fingerprint density at radius 1 is 1.38 bits per heavy atom. The Balaban J connectivity index is 1.92. The monoisotopic (exact) mass is 311 g/mol. The maximum atomic E-state index is 6.41. The first-order valence-corrected chi connectivity index (χ1v) is 8.34. The third kappa shape index (κ3) is 4.83. The zero-order chi connectivity index (χ0) is 15.1. The molecule has 1 N–H and O–H groups in total. The van der Waals surface area contributed by atoms with Crippen LogP contribution in [-0.2, 0) is 11.3 Å². The second kappa shape index (κ2) is 8.57. The number of pyridine rings is 1. The van der Waals surface area contributed by atoms with E-state index in [1.165, 1.54) is 0 Å². The van der Waals surface area contributed by atoms with Crippen LogP contribution in [0, 0.1) is 0 Å². The summed E-state index contributed by atoms with van der Waals surface area (Å²) in [4.78, 5) is 6.83. The van der Waals surface area contributed by atoms with Crippen LogP contribution in [0.3, 0.4) is 0 Å². The molecule has 1 aromatic heterocycles. The van der Waals surface area contributed by atoms with Crippen molar-refractivity contribution in [3.63, 3.8) is 0 Å². The molecule has 1 saturated heterocycles. The normalized spacial score (nSPS) is 16.4. The summed E-state index contributed by atoms with van der Waals surface area (Å²) in [7, 11) is 0. The Labute approximate surface area is 132 Å². The minimum atomic E-state index is 0.391. The molecule has 0 unspecified atom stereocenters. The number of piperidine rings is 1. The van der Waals surface area contributed by atoms with Crippen molar-refractivity contribution in [1.82, 2.24) is 10.3 Å². The summed E-state index contributed by atoms with van der Waals surface area (Å²) in [6.45, 7) is 8.78. The number of hydrogen-bond acceptors (Lipinski definition) is 4. The predicted molar refractivity (Wildman–Crippen MR) is 88.1 cm³/mol. The Bertz CT molecular complexity index is 434. The third-order valence-electron chi connectivity index (χ3n) is 3.78. The second-order valence-electron chi connectivity index (χ2n) is 5.47. The molecule has 0 saturated carbocycles. The van der Waals surface area contributed by atoms with Gasteiger partial charge in [-0.05, 0) is 44.4 Å². The number of ether oxygens (including phenoxy) is 1. The number of hydrogen-bond donors (Lipinski definition) is 1. The summed E-state index contributed by atoms with van der Waals surface area (Å²) in [6, 6.07) is 2.03. The Hall–Kier alpha value is -0.840. The number of halogens is 1. The summed E-state index contributed by atoms with van der Waals surface area (Å²) in [6.07, 6.45) is 5.55. The lowest BCUT2D eigenvalue weighted by atomic mass is 10.1. The van der Waals surface area contributed by atoms with Gasteiger partial charge in [-0.25, -0.2) is 4.98 Å². The number of nitrogens with zero attached hydrogens (tertiary/aromatic N) is 2. The zero-order valence-corrected chi connectivity index (χ0v) is 13.8. The molecule has 0 aromatic carbocycles. The van der Waals surface area contributed by atoms with Crippen LogP contribution in [0.2, 0.25) is 5.02 Å². The van der Waals surface area contributed by atoms with E-state index in [1.807, 2.05) is 12.3 Å². The van der Waals surface area contributed by atoms with E-state index >= 15 is 0 Å². The van der Waals surface area contributed by atoms with Gasteiger partial charge in [-0.3, -0.25) is 0 Å². The maximum absolute atomic E-state index is 6.41. The van der Waals surface area contributed by atoms with Crippen LogP contribution in [-0.4, -0.2) is 37.3 Å². The summed E-state index contributed by atoms with van der Waals surface area (Å²) in [5.41, 5.74) is 1.14. The zero-order valence-electron chi connectivity index (χ0n) is 13.1. The molecule has 0 aliphatic carbocycles. The second-order valence-corrected chi connectivity index (χ2v) is 5.87. The molecule has 1 aliphatic heterocycles. The molecular formula is C16H26ClN3O. The van der Waals surface area contributed by atoms with Gasteiger partial charge in [-0.2, -0.15) is 0 Å². The van der Waals surface area contributed by atoms with Crippen molar-refractivity contribution < 1.29 is 4.74 Å². The van der Waals surface area contributed by atoms with Gasteiger partial charge in [0, 0.05) is 32.4 Å². The molecule has 118 valence electrons. The first-order valence-electron chi connectivity index (χ1n) is 7.96. The fourth-order valence-corrected chi connectivity index (χ4v) is 2.99. The van der Waals surface area contributed by atoms with Crippen molar-refractivity contribution in [3.8, 4) is 0 Å². The van der Waals surface area contributed by atoms with Gasteiger partial charge in [-0.15, -0.1) is 0 Å². The van der Waals surface area contributed by atoms with Gasteiger partial charge >= 0.3 is 0 Å². The van der Waals surface area contributed by atoms with Crippen LogP contribution < -0.4 is 10.2 Å². The van der Waals surface area contributed by atoms with Gasteiger partial charge < -0.3 is 15.0 Å². The minimum Gasteiger partial charge on any atom is -0.378 e. The highest BCUT2D eigenvalue weighted by atomic mass is 35.5. The lowest BCUT2D eigenvalue weighted by Gasteiger charge is -2.33. The molecular weight excluding hydrogens is 286 g/mol. The summed E-state index contributed by atoms with van der Waals surface area (Å²) in [5.74, 6) is 0.908. The van der Waals surface area contributed by atoms with Crippen molar-refractivity contribution >= 4 is 17.4 Å². The average Bonchev–Trinajstić information content (AvgIpc) is 2.49. The van der Waals surface area contributed by atoms with E-state index in [2.05, 4.69) is 29.0 Å². The third-order valence-corrected chi connectivity index (χ3v) is 4.06. The lowest BCUT2D eigenvalue weighted by molar-refractivity contribution is 0.0458. The maximum Gasteiger partial charge on any atom is 0.147 e. The van der Waals surface area contributed by atoms with Crippen LogP contribution in [0.25, 0.3) is 0 Å². The van der Waals surface area contributed by atoms with E-state index in [-0.39, 0.29) is 0 Å². The Morgan fingerprint density at radius 3 is 2.76 bits per heavy atom. The van der Waals surface area contributed by atoms with Gasteiger partial charge in [0.25, 0.3) is 0 Å². The van der Waals surface area contributed by atoms with Crippen molar-refractivity contribution in [2.45, 2.75) is 45.8 Å². The molecule has 1 aliphatic rings. The predicted octanol–water partition coefficient (Wildman–Crippen LogP) is 3.24. The molecule has 0 bridgehead atoms. The average molecular weight is 312 g/mol. The molecule has 1 aromatic rings. The van der Waals surface area contributed by atoms with Crippen LogP contribution in [0.5, 0.6) is 0 Å². The van der Waals surface area contributed by atoms with Crippen LogP contribution in [0.15, 0.2) is 12.3 Å². The van der Waals surface area contributed by atoms with Gasteiger partial charge in [0.2, 0.25) is 0 Å². The SMILES string of the molecule is CCCNCc1cnc(N2CCC(OCC)CC2)c(Cl)c1. The van der Waals surface area contributed by atoms with Crippen LogP contribution in [0.4, 0.5) is 5.82 Å². The van der Waals surface area contributed by atoms with E-state index in [0.717, 1.165) is 68.5 Å². The Kier molecular flexibility index (Phi) is 6.74. The van der Waals surface area contributed by atoms with Gasteiger partial charge in [0.15, 0.2) is 0 Å². The van der Waals surface area contributed by atoms with E-state index in [9.17, 15) is 0 Å². The van der Waals surface area contributed by atoms with Gasteiger partial charge in [0.05, 0.1) is 11.1 Å². The Morgan fingerprint density at radius 2 is 2.14 bits per heavy atom. The summed E-state index contributed by atoms with van der Waals surface area (Å²) < 4.78 is 5.68. The van der Waals surface area contributed by atoms with E-state index in [4.69, 9.17) is 16.3 Å². The largest absolute Gasteiger partial charge is 0.378 e. The van der Waals surface area contributed by atoms with Crippen molar-refractivity contribution in [3.05, 3.63) is 22.8 Å². The minimum absolute atomic E-state index is 0.391. The summed E-state index contributed by atoms with van der Waals surface area (Å²) in [5, 5.41) is 4.12. The molecule has 0 spiro atoms. The van der Waals surface area contributed by atoms with E-state index < -0.39 is 0 Å². The van der Waals surface area contributed by atoms with Crippen molar-refractivity contribution in [1.29, 1.82) is 0 Å². The number of anilines is 1. The first-order chi connectivity index (χ1) is 10.2. The summed E-state index contributed by atoms with van der Waals surface area (Å²) >= 11 is 6.41. The number of rotatable bonds is 7. The molecule has 5 heteroatoms. The quantitative estimate of drug-likeness (QED) is 0.784. The number of aromatic nitrogens is 1. The fourth-order valence-electron chi connectivity index (χ4n) is 2.68. The molecule has 0 atom stereocenters. The van der Waals surface area contributed by atoms with Crippen LogP contribution in [0.1, 0.15) is 38.7 Å². The van der Waals surface area contributed by atoms with Crippen molar-refractivity contribution in [2.75, 3.05) is 31.1 Å². The fraction of sp³-hybridized carbons (Fsp3) is 0.688. The molecule has 0 amide bonds. The first kappa shape index (κ1) is 16.5. The van der Waals surface area contributed by atoms with Crippen LogP contribution >= 0.6 is 11.6 Å². The molecule has 0 radical (unpaired) electrons. The molecule has 1 fully saturated rings. The van der Waals surface area contributed by atoms with Gasteiger partial charge in [0.1, 0.15) is 5.82 Å².